The van der Waals surface area contributed by atoms with Crippen molar-refractivity contribution < 1.29 is 9.59 Å². The van der Waals surface area contributed by atoms with Crippen molar-refractivity contribution in [1.29, 1.82) is 0 Å². The lowest BCUT2D eigenvalue weighted by atomic mass is 9.96. The second-order valence-electron chi connectivity index (χ2n) is 5.33. The lowest BCUT2D eigenvalue weighted by molar-refractivity contribution is -0.111. The molecule has 0 saturated carbocycles. The average molecular weight is 299 g/mol. The summed E-state index contributed by atoms with van der Waals surface area (Å²) in [6.07, 6.45) is 2.67. The summed E-state index contributed by atoms with van der Waals surface area (Å²) in [5.74, 6) is 0.0954. The second-order valence-corrected chi connectivity index (χ2v) is 5.75. The molecule has 1 aliphatic rings. The summed E-state index contributed by atoms with van der Waals surface area (Å²) in [7, 11) is 0. The van der Waals surface area contributed by atoms with Crippen LogP contribution < -0.4 is 0 Å². The standard InChI is InChI=1S/C18H15ClO2/c19-17(20)10-6-12-5-9-16-14(11-12)8-7-13-3-1-2-4-15(13)18(16)21/h1-5,9,11H,6-8,10H2. The highest BCUT2D eigenvalue weighted by atomic mass is 35.5. The van der Waals surface area contributed by atoms with E-state index >= 15 is 0 Å². The van der Waals surface area contributed by atoms with E-state index in [1.807, 2.05) is 42.5 Å². The smallest absolute Gasteiger partial charge is 0.221 e. The molecule has 0 radical (unpaired) electrons. The first kappa shape index (κ1) is 14.0. The van der Waals surface area contributed by atoms with Gasteiger partial charge in [0.05, 0.1) is 0 Å². The number of aryl methyl sites for hydroxylation is 3. The third-order valence-corrected chi connectivity index (χ3v) is 4.14. The van der Waals surface area contributed by atoms with E-state index < -0.39 is 0 Å². The third kappa shape index (κ3) is 2.91. The van der Waals surface area contributed by atoms with Gasteiger partial charge in [-0.1, -0.05) is 42.5 Å². The van der Waals surface area contributed by atoms with Crippen LogP contribution in [0.15, 0.2) is 42.5 Å². The Labute approximate surface area is 128 Å². The number of hydrogen-bond donors (Lipinski definition) is 0. The fourth-order valence-corrected chi connectivity index (χ4v) is 2.94. The summed E-state index contributed by atoms with van der Waals surface area (Å²) in [5, 5.41) is -0.326. The van der Waals surface area contributed by atoms with Crippen molar-refractivity contribution in [2.24, 2.45) is 0 Å². The summed E-state index contributed by atoms with van der Waals surface area (Å²) in [4.78, 5) is 23.5. The van der Waals surface area contributed by atoms with Crippen molar-refractivity contribution in [3.63, 3.8) is 0 Å². The maximum Gasteiger partial charge on any atom is 0.221 e. The first-order valence-electron chi connectivity index (χ1n) is 7.08. The minimum absolute atomic E-state index is 0.0954. The molecular formula is C18H15ClO2. The molecule has 106 valence electrons. The number of halogens is 1. The van der Waals surface area contributed by atoms with E-state index in [-0.39, 0.29) is 11.0 Å². The lowest BCUT2D eigenvalue weighted by Crippen LogP contribution is -2.04. The van der Waals surface area contributed by atoms with Crippen molar-refractivity contribution in [3.05, 3.63) is 70.3 Å². The van der Waals surface area contributed by atoms with Gasteiger partial charge in [-0.15, -0.1) is 0 Å². The summed E-state index contributed by atoms with van der Waals surface area (Å²) >= 11 is 5.39. The van der Waals surface area contributed by atoms with E-state index in [1.54, 1.807) is 0 Å². The molecule has 3 heteroatoms. The van der Waals surface area contributed by atoms with Gasteiger partial charge >= 0.3 is 0 Å². The number of benzene rings is 2. The van der Waals surface area contributed by atoms with E-state index in [9.17, 15) is 9.59 Å². The van der Waals surface area contributed by atoms with Crippen LogP contribution in [0.2, 0.25) is 0 Å². The Morgan fingerprint density at radius 1 is 1.00 bits per heavy atom. The van der Waals surface area contributed by atoms with Gasteiger partial charge in [-0.3, -0.25) is 9.59 Å². The predicted molar refractivity (Wildman–Crippen MR) is 82.9 cm³/mol. The van der Waals surface area contributed by atoms with Gasteiger partial charge in [0.1, 0.15) is 0 Å². The molecule has 0 N–H and O–H groups in total. The van der Waals surface area contributed by atoms with Gasteiger partial charge in [-0.05, 0) is 47.6 Å². The highest BCUT2D eigenvalue weighted by Gasteiger charge is 2.20. The van der Waals surface area contributed by atoms with Crippen LogP contribution in [0, 0.1) is 0 Å². The van der Waals surface area contributed by atoms with Crippen molar-refractivity contribution in [2.45, 2.75) is 25.7 Å². The minimum atomic E-state index is -0.326. The highest BCUT2D eigenvalue weighted by molar-refractivity contribution is 6.63. The molecule has 0 aromatic heterocycles. The van der Waals surface area contributed by atoms with E-state index in [4.69, 9.17) is 11.6 Å². The van der Waals surface area contributed by atoms with Gasteiger partial charge in [0, 0.05) is 17.5 Å². The van der Waals surface area contributed by atoms with Gasteiger partial charge in [-0.25, -0.2) is 0 Å². The number of hydrogen-bond acceptors (Lipinski definition) is 2. The monoisotopic (exact) mass is 298 g/mol. The van der Waals surface area contributed by atoms with Gasteiger partial charge in [0.2, 0.25) is 5.24 Å². The molecular weight excluding hydrogens is 284 g/mol. The van der Waals surface area contributed by atoms with Crippen molar-refractivity contribution >= 4 is 22.6 Å². The predicted octanol–water partition coefficient (Wildman–Crippen LogP) is 3.71. The van der Waals surface area contributed by atoms with E-state index in [1.165, 1.54) is 0 Å². The fourth-order valence-electron chi connectivity index (χ4n) is 2.85. The van der Waals surface area contributed by atoms with Crippen LogP contribution in [0.3, 0.4) is 0 Å². The van der Waals surface area contributed by atoms with Crippen LogP contribution >= 0.6 is 11.6 Å². The van der Waals surface area contributed by atoms with Crippen molar-refractivity contribution in [3.8, 4) is 0 Å². The van der Waals surface area contributed by atoms with Crippen LogP contribution in [0.1, 0.15) is 39.0 Å². The molecule has 0 atom stereocenters. The Kier molecular flexibility index (Phi) is 3.89. The Morgan fingerprint density at radius 2 is 1.71 bits per heavy atom. The number of ketones is 1. The van der Waals surface area contributed by atoms with Gasteiger partial charge in [0.15, 0.2) is 5.78 Å². The van der Waals surface area contributed by atoms with Gasteiger partial charge in [-0.2, -0.15) is 0 Å². The Balaban J connectivity index is 1.95. The molecule has 0 aliphatic heterocycles. The second kappa shape index (κ2) is 5.82. The quantitative estimate of drug-likeness (QED) is 0.810. The molecule has 0 bridgehead atoms. The van der Waals surface area contributed by atoms with E-state index in [0.29, 0.717) is 12.8 Å². The fraction of sp³-hybridized carbons (Fsp3) is 0.222. The van der Waals surface area contributed by atoms with Crippen LogP contribution in [-0.4, -0.2) is 11.0 Å². The average Bonchev–Trinajstić information content (AvgIpc) is 2.63. The number of fused-ring (bicyclic) bond motifs is 2. The molecule has 3 rings (SSSR count). The number of carbonyl (C=O) groups is 2. The topological polar surface area (TPSA) is 34.1 Å². The number of carbonyl (C=O) groups excluding carboxylic acids is 2. The van der Waals surface area contributed by atoms with Gasteiger partial charge < -0.3 is 0 Å². The zero-order valence-electron chi connectivity index (χ0n) is 11.6. The lowest BCUT2D eigenvalue weighted by Gasteiger charge is -2.07. The zero-order valence-corrected chi connectivity index (χ0v) is 12.3. The Morgan fingerprint density at radius 3 is 2.52 bits per heavy atom. The molecule has 1 aliphatic carbocycles. The molecule has 0 fully saturated rings. The van der Waals surface area contributed by atoms with Crippen LogP contribution in [0.25, 0.3) is 0 Å². The third-order valence-electron chi connectivity index (χ3n) is 3.95. The molecule has 0 saturated heterocycles. The Hall–Kier alpha value is -1.93. The van der Waals surface area contributed by atoms with Crippen LogP contribution in [-0.2, 0) is 24.1 Å². The highest BCUT2D eigenvalue weighted by Crippen LogP contribution is 2.25. The molecule has 2 aromatic rings. The maximum absolute atomic E-state index is 12.6. The van der Waals surface area contributed by atoms with Crippen molar-refractivity contribution in [2.75, 3.05) is 0 Å². The first-order valence-corrected chi connectivity index (χ1v) is 7.45. The van der Waals surface area contributed by atoms with Crippen LogP contribution in [0.5, 0.6) is 0 Å². The van der Waals surface area contributed by atoms with Gasteiger partial charge in [0.25, 0.3) is 0 Å². The molecule has 0 unspecified atom stereocenters. The number of rotatable bonds is 3. The SMILES string of the molecule is O=C(Cl)CCc1ccc2c(c1)CCc1ccccc1C2=O. The van der Waals surface area contributed by atoms with E-state index in [2.05, 4.69) is 0 Å². The van der Waals surface area contributed by atoms with Crippen LogP contribution in [0.4, 0.5) is 0 Å². The molecule has 0 heterocycles. The summed E-state index contributed by atoms with van der Waals surface area (Å²) in [6.45, 7) is 0. The molecule has 0 amide bonds. The Bertz CT molecular complexity index is 719. The first-order chi connectivity index (χ1) is 10.1. The molecule has 2 nitrogen and oxygen atoms in total. The maximum atomic E-state index is 12.6. The summed E-state index contributed by atoms with van der Waals surface area (Å²) in [6, 6.07) is 13.6. The van der Waals surface area contributed by atoms with Crippen molar-refractivity contribution in [1.82, 2.24) is 0 Å². The molecule has 2 aromatic carbocycles. The molecule has 21 heavy (non-hydrogen) atoms. The zero-order chi connectivity index (χ0) is 14.8. The minimum Gasteiger partial charge on any atom is -0.289 e. The van der Waals surface area contributed by atoms with E-state index in [0.717, 1.165) is 40.7 Å². The summed E-state index contributed by atoms with van der Waals surface area (Å²) < 4.78 is 0. The summed E-state index contributed by atoms with van der Waals surface area (Å²) in [5.41, 5.74) is 4.81. The normalized spacial score (nSPS) is 13.3. The molecule has 0 spiro atoms. The largest absolute Gasteiger partial charge is 0.289 e.